The summed E-state index contributed by atoms with van der Waals surface area (Å²) in [5.41, 5.74) is 1.95. The summed E-state index contributed by atoms with van der Waals surface area (Å²) >= 11 is 0. The molecule has 0 aromatic heterocycles. The molecule has 0 aliphatic rings. The molecule has 0 fully saturated rings. The van der Waals surface area contributed by atoms with Crippen LogP contribution >= 0.6 is 0 Å². The van der Waals surface area contributed by atoms with Crippen molar-refractivity contribution < 1.29 is 9.59 Å². The number of rotatable bonds is 6. The predicted octanol–water partition coefficient (Wildman–Crippen LogP) is 1.34. The molecule has 0 heterocycles. The van der Waals surface area contributed by atoms with Crippen molar-refractivity contribution in [1.82, 2.24) is 5.43 Å². The Balaban J connectivity index is 4.09. The van der Waals surface area contributed by atoms with Gasteiger partial charge in [0.2, 0.25) is 5.91 Å². The molecule has 0 aromatic rings. The third-order valence-electron chi connectivity index (χ3n) is 2.08. The molecule has 0 bridgehead atoms. The van der Waals surface area contributed by atoms with Crippen molar-refractivity contribution in [1.29, 1.82) is 0 Å². The van der Waals surface area contributed by atoms with Crippen molar-refractivity contribution in [2.75, 3.05) is 0 Å². The summed E-state index contributed by atoms with van der Waals surface area (Å²) in [5, 5.41) is 0. The molecule has 16 heavy (non-hydrogen) atoms. The Bertz CT molecular complexity index is 293. The van der Waals surface area contributed by atoms with Crippen molar-refractivity contribution in [3.63, 3.8) is 0 Å². The van der Waals surface area contributed by atoms with Crippen LogP contribution in [0.1, 0.15) is 27.2 Å². The maximum absolute atomic E-state index is 11.4. The van der Waals surface area contributed by atoms with E-state index in [0.717, 1.165) is 6.42 Å². The Hall–Kier alpha value is -1.42. The van der Waals surface area contributed by atoms with Crippen molar-refractivity contribution >= 4 is 11.7 Å². The zero-order chi connectivity index (χ0) is 12.6. The van der Waals surface area contributed by atoms with E-state index in [2.05, 4.69) is 13.8 Å². The van der Waals surface area contributed by atoms with Gasteiger partial charge in [0.25, 0.3) is 0 Å². The Morgan fingerprint density at radius 2 is 1.88 bits per heavy atom. The number of nitrogens with one attached hydrogen (secondary N) is 1. The van der Waals surface area contributed by atoms with Gasteiger partial charge in [0.1, 0.15) is 0 Å². The minimum atomic E-state index is -0.736. The third-order valence-corrected chi connectivity index (χ3v) is 2.08. The van der Waals surface area contributed by atoms with Crippen LogP contribution in [0.5, 0.6) is 0 Å². The SMILES string of the molecule is CC(C)C/C=C/C=C/C(=O)C(C)C(=O)NN. The Kier molecular flexibility index (Phi) is 7.12. The first-order valence-corrected chi connectivity index (χ1v) is 5.36. The van der Waals surface area contributed by atoms with Gasteiger partial charge in [0.15, 0.2) is 5.78 Å². The highest BCUT2D eigenvalue weighted by molar-refractivity contribution is 6.06. The standard InChI is InChI=1S/C12H20N2O2/c1-9(2)7-5-4-6-8-11(15)10(3)12(16)14-13/h4-6,8-10H,7,13H2,1-3H3,(H,14,16)/b5-4+,8-6+. The molecule has 0 radical (unpaired) electrons. The van der Waals surface area contributed by atoms with Crippen LogP contribution < -0.4 is 11.3 Å². The number of hydrogen-bond acceptors (Lipinski definition) is 3. The number of amides is 1. The minimum Gasteiger partial charge on any atom is -0.294 e. The first-order chi connectivity index (χ1) is 7.49. The van der Waals surface area contributed by atoms with Crippen LogP contribution in [0.15, 0.2) is 24.3 Å². The fourth-order valence-corrected chi connectivity index (χ4v) is 0.978. The van der Waals surface area contributed by atoms with Gasteiger partial charge in [0, 0.05) is 0 Å². The number of ketones is 1. The van der Waals surface area contributed by atoms with Gasteiger partial charge >= 0.3 is 0 Å². The molecule has 1 unspecified atom stereocenters. The summed E-state index contributed by atoms with van der Waals surface area (Å²) in [6, 6.07) is 0. The number of nitrogens with two attached hydrogens (primary N) is 1. The van der Waals surface area contributed by atoms with Crippen molar-refractivity contribution in [3.8, 4) is 0 Å². The molecular formula is C12H20N2O2. The molecule has 1 amide bonds. The van der Waals surface area contributed by atoms with Crippen molar-refractivity contribution in [2.45, 2.75) is 27.2 Å². The normalized spacial score (nSPS) is 13.6. The lowest BCUT2D eigenvalue weighted by Crippen LogP contribution is -2.37. The zero-order valence-electron chi connectivity index (χ0n) is 10.1. The van der Waals surface area contributed by atoms with Crippen LogP contribution in [-0.4, -0.2) is 11.7 Å². The Morgan fingerprint density at radius 3 is 2.38 bits per heavy atom. The molecule has 0 saturated heterocycles. The second kappa shape index (κ2) is 7.82. The monoisotopic (exact) mass is 224 g/mol. The van der Waals surface area contributed by atoms with E-state index in [0.29, 0.717) is 5.92 Å². The van der Waals surface area contributed by atoms with Gasteiger partial charge in [-0.2, -0.15) is 0 Å². The lowest BCUT2D eigenvalue weighted by Gasteiger charge is -2.04. The average molecular weight is 224 g/mol. The van der Waals surface area contributed by atoms with Crippen molar-refractivity contribution in [2.24, 2.45) is 17.7 Å². The van der Waals surface area contributed by atoms with E-state index in [1.807, 2.05) is 17.6 Å². The van der Waals surface area contributed by atoms with Crippen LogP contribution in [0, 0.1) is 11.8 Å². The molecule has 0 saturated carbocycles. The summed E-state index contributed by atoms with van der Waals surface area (Å²) in [4.78, 5) is 22.4. The van der Waals surface area contributed by atoms with E-state index in [-0.39, 0.29) is 5.78 Å². The minimum absolute atomic E-state index is 0.253. The van der Waals surface area contributed by atoms with Gasteiger partial charge in [-0.25, -0.2) is 5.84 Å². The van der Waals surface area contributed by atoms with Crippen LogP contribution in [0.4, 0.5) is 0 Å². The number of carbonyl (C=O) groups is 2. The molecule has 3 N–H and O–H groups in total. The van der Waals surface area contributed by atoms with Crippen LogP contribution in [0.2, 0.25) is 0 Å². The number of allylic oxidation sites excluding steroid dienone is 4. The lowest BCUT2D eigenvalue weighted by atomic mass is 10.1. The summed E-state index contributed by atoms with van der Waals surface area (Å²) in [7, 11) is 0. The van der Waals surface area contributed by atoms with Gasteiger partial charge in [-0.1, -0.05) is 32.1 Å². The Morgan fingerprint density at radius 1 is 1.25 bits per heavy atom. The Labute approximate surface area is 96.6 Å². The number of hydrazine groups is 1. The molecular weight excluding hydrogens is 204 g/mol. The van der Waals surface area contributed by atoms with Crippen LogP contribution in [-0.2, 0) is 9.59 Å². The molecule has 0 aliphatic heterocycles. The van der Waals surface area contributed by atoms with E-state index in [1.54, 1.807) is 6.08 Å². The maximum Gasteiger partial charge on any atom is 0.244 e. The smallest absolute Gasteiger partial charge is 0.244 e. The summed E-state index contributed by atoms with van der Waals surface area (Å²) in [5.74, 6) is 4.07. The highest BCUT2D eigenvalue weighted by Crippen LogP contribution is 2.01. The summed E-state index contributed by atoms with van der Waals surface area (Å²) in [6.45, 7) is 5.76. The molecule has 4 nitrogen and oxygen atoms in total. The molecule has 90 valence electrons. The second-order valence-electron chi connectivity index (χ2n) is 4.05. The number of hydrogen-bond donors (Lipinski definition) is 2. The molecule has 4 heteroatoms. The van der Waals surface area contributed by atoms with Gasteiger partial charge in [0.05, 0.1) is 5.92 Å². The van der Waals surface area contributed by atoms with Crippen molar-refractivity contribution in [3.05, 3.63) is 24.3 Å². The van der Waals surface area contributed by atoms with Gasteiger partial charge in [-0.3, -0.25) is 15.0 Å². The second-order valence-corrected chi connectivity index (χ2v) is 4.05. The highest BCUT2D eigenvalue weighted by atomic mass is 16.2. The van der Waals surface area contributed by atoms with Crippen LogP contribution in [0.3, 0.4) is 0 Å². The fraction of sp³-hybridized carbons (Fsp3) is 0.500. The quantitative estimate of drug-likeness (QED) is 0.179. The predicted molar refractivity (Wildman–Crippen MR) is 64.2 cm³/mol. The zero-order valence-corrected chi connectivity index (χ0v) is 10.1. The average Bonchev–Trinajstić information content (AvgIpc) is 2.25. The van der Waals surface area contributed by atoms with E-state index < -0.39 is 11.8 Å². The largest absolute Gasteiger partial charge is 0.294 e. The molecule has 1 atom stereocenters. The van der Waals surface area contributed by atoms with Crippen LogP contribution in [0.25, 0.3) is 0 Å². The first kappa shape index (κ1) is 14.6. The van der Waals surface area contributed by atoms with Gasteiger partial charge in [-0.15, -0.1) is 0 Å². The first-order valence-electron chi connectivity index (χ1n) is 5.36. The topological polar surface area (TPSA) is 72.2 Å². The molecule has 0 aliphatic carbocycles. The molecule has 0 aromatic carbocycles. The lowest BCUT2D eigenvalue weighted by molar-refractivity contribution is -0.131. The fourth-order valence-electron chi connectivity index (χ4n) is 0.978. The highest BCUT2D eigenvalue weighted by Gasteiger charge is 2.17. The number of carbonyl (C=O) groups excluding carboxylic acids is 2. The van der Waals surface area contributed by atoms with Gasteiger partial charge < -0.3 is 0 Å². The summed E-state index contributed by atoms with van der Waals surface area (Å²) in [6.07, 6.45) is 7.80. The van der Waals surface area contributed by atoms with E-state index in [1.165, 1.54) is 13.0 Å². The van der Waals surface area contributed by atoms with E-state index in [9.17, 15) is 9.59 Å². The molecule has 0 spiro atoms. The van der Waals surface area contributed by atoms with E-state index >= 15 is 0 Å². The molecule has 0 rings (SSSR count). The summed E-state index contributed by atoms with van der Waals surface area (Å²) < 4.78 is 0. The maximum atomic E-state index is 11.4. The van der Waals surface area contributed by atoms with E-state index in [4.69, 9.17) is 5.84 Å². The van der Waals surface area contributed by atoms with Gasteiger partial charge in [-0.05, 0) is 25.3 Å². The third kappa shape index (κ3) is 6.14.